The number of hydrogen-bond donors (Lipinski definition) is 0. The standard InChI is InChI=1S/C26H36N2O4S6Si2/c1-15(39-25(29-3)30-4)13-17-9-7-11-19-21(17)27-23(33-19)35-37-38-36-24-28-22-18(10-8-12-20(22)34-24)14-16(2)40-26(31-5)32-6/h7-12,15-16,25-26H,13-14,39-40H2,1-6H3. The number of para-hydroxylation sites is 2. The average molecular weight is 689 g/mol. The van der Waals surface area contributed by atoms with Crippen LogP contribution in [0.4, 0.5) is 0 Å². The van der Waals surface area contributed by atoms with Gasteiger partial charge in [-0.2, -0.15) is 0 Å². The summed E-state index contributed by atoms with van der Waals surface area (Å²) in [5.41, 5.74) is 6.06. The number of nitrogens with zero attached hydrogens (tertiary/aromatic N) is 2. The molecule has 6 nitrogen and oxygen atoms in total. The summed E-state index contributed by atoms with van der Waals surface area (Å²) in [5, 5.41) is 0. The van der Waals surface area contributed by atoms with Crippen molar-refractivity contribution in [3.05, 3.63) is 47.5 Å². The Labute approximate surface area is 264 Å². The topological polar surface area (TPSA) is 62.7 Å². The molecule has 218 valence electrons. The second-order valence-electron chi connectivity index (χ2n) is 9.68. The van der Waals surface area contributed by atoms with Gasteiger partial charge in [-0.05, 0) is 88.4 Å². The van der Waals surface area contributed by atoms with Gasteiger partial charge in [-0.15, -0.1) is 22.7 Å². The summed E-state index contributed by atoms with van der Waals surface area (Å²) in [6.45, 7) is 4.60. The van der Waals surface area contributed by atoms with Gasteiger partial charge in [0.15, 0.2) is 8.68 Å². The van der Waals surface area contributed by atoms with Crippen molar-refractivity contribution in [2.45, 2.75) is 58.3 Å². The molecule has 0 bridgehead atoms. The van der Waals surface area contributed by atoms with E-state index < -0.39 is 19.0 Å². The highest BCUT2D eigenvalue weighted by Crippen LogP contribution is 2.51. The molecule has 2 unspecified atom stereocenters. The Bertz CT molecular complexity index is 1250. The third kappa shape index (κ3) is 9.20. The van der Waals surface area contributed by atoms with E-state index in [1.54, 1.807) is 92.4 Å². The van der Waals surface area contributed by atoms with Crippen LogP contribution in [0, 0.1) is 0 Å². The van der Waals surface area contributed by atoms with E-state index in [1.165, 1.54) is 20.5 Å². The molecule has 0 aliphatic carbocycles. The Hall–Kier alpha value is -0.106. The first-order chi connectivity index (χ1) is 19.4. The van der Waals surface area contributed by atoms with Crippen LogP contribution in [0.3, 0.4) is 0 Å². The highest BCUT2D eigenvalue weighted by atomic mass is 33.7. The van der Waals surface area contributed by atoms with Crippen LogP contribution in [0.2, 0.25) is 11.1 Å². The normalized spacial score (nSPS) is 14.3. The molecule has 14 heteroatoms. The molecule has 2 heterocycles. The van der Waals surface area contributed by atoms with Crippen LogP contribution in [0.15, 0.2) is 45.1 Å². The number of ether oxygens (including phenoxy) is 4. The summed E-state index contributed by atoms with van der Waals surface area (Å²) in [4.78, 5) is 10.00. The van der Waals surface area contributed by atoms with Crippen LogP contribution < -0.4 is 0 Å². The average Bonchev–Trinajstić information content (AvgIpc) is 3.57. The van der Waals surface area contributed by atoms with E-state index in [1.807, 2.05) is 0 Å². The van der Waals surface area contributed by atoms with E-state index in [9.17, 15) is 0 Å². The second kappa shape index (κ2) is 16.7. The lowest BCUT2D eigenvalue weighted by atomic mass is 10.1. The second-order valence-corrected chi connectivity index (χ2v) is 23.0. The zero-order valence-electron chi connectivity index (χ0n) is 23.6. The lowest BCUT2D eigenvalue weighted by Crippen LogP contribution is -2.25. The summed E-state index contributed by atoms with van der Waals surface area (Å²) in [5.74, 6) is -0.0584. The quantitative estimate of drug-likeness (QED) is 0.0493. The van der Waals surface area contributed by atoms with Gasteiger partial charge in [-0.25, -0.2) is 9.97 Å². The SMILES string of the molecule is COC(OC)[SiH2]C(C)Cc1cccc2sc(SSSSc3nc4c(CC(C)[SiH2]C(OC)OC)cccc4s3)nc12. The lowest BCUT2D eigenvalue weighted by molar-refractivity contribution is -0.0448. The van der Waals surface area contributed by atoms with Crippen molar-refractivity contribution >= 4 is 103 Å². The van der Waals surface area contributed by atoms with Crippen molar-refractivity contribution in [1.29, 1.82) is 0 Å². The number of aromatic nitrogens is 2. The van der Waals surface area contributed by atoms with Crippen molar-refractivity contribution in [2.75, 3.05) is 28.4 Å². The molecule has 0 radical (unpaired) electrons. The van der Waals surface area contributed by atoms with Gasteiger partial charge in [0.2, 0.25) is 0 Å². The third-order valence-electron chi connectivity index (χ3n) is 6.58. The molecule has 2 atom stereocenters. The highest BCUT2D eigenvalue weighted by Gasteiger charge is 2.18. The van der Waals surface area contributed by atoms with Crippen LogP contribution in [-0.4, -0.2) is 69.3 Å². The fraction of sp³-hybridized carbons (Fsp3) is 0.462. The monoisotopic (exact) mass is 688 g/mol. The van der Waals surface area contributed by atoms with Crippen molar-refractivity contribution in [3.63, 3.8) is 0 Å². The minimum atomic E-state index is -0.518. The van der Waals surface area contributed by atoms with E-state index >= 15 is 0 Å². The Morgan fingerprint density at radius 1 is 0.675 bits per heavy atom. The van der Waals surface area contributed by atoms with Crippen LogP contribution in [0.5, 0.6) is 0 Å². The zero-order valence-corrected chi connectivity index (χ0v) is 31.3. The zero-order chi connectivity index (χ0) is 28.5. The summed E-state index contributed by atoms with van der Waals surface area (Å²) < 4.78 is 26.5. The largest absolute Gasteiger partial charge is 0.360 e. The first-order valence-corrected chi connectivity index (χ1v) is 22.7. The van der Waals surface area contributed by atoms with Gasteiger partial charge in [0, 0.05) is 28.4 Å². The summed E-state index contributed by atoms with van der Waals surface area (Å²) in [6.07, 6.45) is 2.02. The van der Waals surface area contributed by atoms with Crippen LogP contribution in [0.1, 0.15) is 25.0 Å². The van der Waals surface area contributed by atoms with E-state index in [4.69, 9.17) is 28.9 Å². The van der Waals surface area contributed by atoms with E-state index in [2.05, 4.69) is 50.2 Å². The summed E-state index contributed by atoms with van der Waals surface area (Å²) >= 11 is 3.54. The molecule has 2 aromatic carbocycles. The summed E-state index contributed by atoms with van der Waals surface area (Å²) in [6, 6.07) is 13.1. The molecule has 0 aliphatic rings. The van der Waals surface area contributed by atoms with Gasteiger partial charge in [0.05, 0.1) is 39.5 Å². The number of methoxy groups -OCH3 is 4. The van der Waals surface area contributed by atoms with Gasteiger partial charge in [-0.1, -0.05) is 38.1 Å². The number of hydrogen-bond acceptors (Lipinski definition) is 12. The van der Waals surface area contributed by atoms with Crippen molar-refractivity contribution in [2.24, 2.45) is 0 Å². The first-order valence-electron chi connectivity index (χ1n) is 13.0. The minimum absolute atomic E-state index is 0.0292. The fourth-order valence-electron chi connectivity index (χ4n) is 4.61. The predicted molar refractivity (Wildman–Crippen MR) is 185 cm³/mol. The lowest BCUT2D eigenvalue weighted by Gasteiger charge is -2.17. The van der Waals surface area contributed by atoms with Gasteiger partial charge in [-0.3, -0.25) is 0 Å². The number of fused-ring (bicyclic) bond motifs is 2. The number of benzene rings is 2. The van der Waals surface area contributed by atoms with Crippen LogP contribution >= 0.6 is 63.9 Å². The maximum atomic E-state index is 5.45. The van der Waals surface area contributed by atoms with Gasteiger partial charge in [0.25, 0.3) is 0 Å². The van der Waals surface area contributed by atoms with E-state index in [0.29, 0.717) is 11.1 Å². The summed E-state index contributed by atoms with van der Waals surface area (Å²) in [7, 11) is 12.8. The van der Waals surface area contributed by atoms with Crippen LogP contribution in [0.25, 0.3) is 20.4 Å². The molecular formula is C26H36N2O4S6Si2. The van der Waals surface area contributed by atoms with Gasteiger partial charge >= 0.3 is 0 Å². The van der Waals surface area contributed by atoms with Crippen molar-refractivity contribution < 1.29 is 18.9 Å². The van der Waals surface area contributed by atoms with E-state index in [-0.39, 0.29) is 11.8 Å². The fourth-order valence-corrected chi connectivity index (χ4v) is 16.3. The maximum Gasteiger partial charge on any atom is 0.162 e. The van der Waals surface area contributed by atoms with Crippen molar-refractivity contribution in [3.8, 4) is 0 Å². The molecule has 4 aromatic rings. The molecule has 0 amide bonds. The molecule has 0 fully saturated rings. The molecule has 0 aliphatic heterocycles. The van der Waals surface area contributed by atoms with Crippen molar-refractivity contribution in [1.82, 2.24) is 9.97 Å². The number of rotatable bonds is 17. The number of thiazole rings is 2. The van der Waals surface area contributed by atoms with Crippen LogP contribution in [-0.2, 0) is 31.8 Å². The molecule has 2 aromatic heterocycles. The molecule has 0 saturated carbocycles. The molecular weight excluding hydrogens is 653 g/mol. The predicted octanol–water partition coefficient (Wildman–Crippen LogP) is 7.19. The smallest absolute Gasteiger partial charge is 0.162 e. The Balaban J connectivity index is 1.32. The third-order valence-corrected chi connectivity index (χ3v) is 19.5. The molecule has 0 spiro atoms. The molecule has 0 saturated heterocycles. The van der Waals surface area contributed by atoms with Gasteiger partial charge < -0.3 is 18.9 Å². The maximum absolute atomic E-state index is 5.45. The first kappa shape index (κ1) is 32.8. The molecule has 4 rings (SSSR count). The van der Waals surface area contributed by atoms with Gasteiger partial charge in [0.1, 0.15) is 11.8 Å². The highest BCUT2D eigenvalue weighted by molar-refractivity contribution is 9.26. The Morgan fingerprint density at radius 2 is 1.07 bits per heavy atom. The Morgan fingerprint density at radius 3 is 1.45 bits per heavy atom. The Kier molecular flexibility index (Phi) is 13.7. The minimum Gasteiger partial charge on any atom is -0.360 e. The molecule has 40 heavy (non-hydrogen) atoms. The van der Waals surface area contributed by atoms with E-state index in [0.717, 1.165) is 32.6 Å². The molecule has 0 N–H and O–H groups in total.